The van der Waals surface area contributed by atoms with Crippen LogP contribution in [0.1, 0.15) is 92.3 Å². The number of nitrogens with one attached hydrogen (secondary N) is 2. The summed E-state index contributed by atoms with van der Waals surface area (Å²) in [6, 6.07) is 12.1. The summed E-state index contributed by atoms with van der Waals surface area (Å²) >= 11 is 0. The van der Waals surface area contributed by atoms with Crippen molar-refractivity contribution < 1.29 is 29.3 Å². The molecule has 1 spiro atoms. The molecule has 2 aromatic carbocycles. The second-order valence-corrected chi connectivity index (χ2v) is 14.2. The van der Waals surface area contributed by atoms with Crippen LogP contribution in [0.25, 0.3) is 0 Å². The minimum absolute atomic E-state index is 0.0204. The Hall–Kier alpha value is -4.08. The van der Waals surface area contributed by atoms with E-state index in [0.717, 1.165) is 24.9 Å². The third-order valence-corrected chi connectivity index (χ3v) is 10.7. The standard InChI is InChI=1S/C34H38N2O6.C4H8.C2H7N/c1-5-11-33(3,21-9-7-6-8-10-21)17-36-16-20-14-24(37)28-23(30(20)41-4)13-19-12-22-15-25(38)26(32(35)40)18(2)34(22)31(42-34)27(19)29(28)39;1-2-4-3-1;1-3-2/h6-10,14,19,22,36-38H,2,5,11-13,15-17H2,1,3-4H3,(H2,35,40);1-4H2;3H,1-2H3/t19?,22-,33?,34-;;/m0../s1. The molecule has 1 heterocycles. The summed E-state index contributed by atoms with van der Waals surface area (Å²) in [6.45, 7) is 9.69. The number of amides is 1. The number of benzene rings is 2. The number of hydrogen-bond acceptors (Lipinski definition) is 8. The Morgan fingerprint density at radius 1 is 1.14 bits per heavy atom. The van der Waals surface area contributed by atoms with E-state index in [1.54, 1.807) is 13.2 Å². The quantitative estimate of drug-likeness (QED) is 0.195. The van der Waals surface area contributed by atoms with E-state index < -0.39 is 11.5 Å². The highest BCUT2D eigenvalue weighted by Crippen LogP contribution is 2.66. The molecule has 2 fully saturated rings. The van der Waals surface area contributed by atoms with Crippen LogP contribution in [-0.4, -0.2) is 55.3 Å². The van der Waals surface area contributed by atoms with Gasteiger partial charge in [0.25, 0.3) is 5.91 Å². The van der Waals surface area contributed by atoms with E-state index in [1.165, 1.54) is 31.2 Å². The van der Waals surface area contributed by atoms with Crippen molar-refractivity contribution in [3.05, 3.63) is 93.5 Å². The van der Waals surface area contributed by atoms with Crippen LogP contribution in [0.2, 0.25) is 0 Å². The first kappa shape index (κ1) is 36.2. The predicted octanol–water partition coefficient (Wildman–Crippen LogP) is 6.30. The maximum atomic E-state index is 14.0. The Morgan fingerprint density at radius 3 is 2.37 bits per heavy atom. The van der Waals surface area contributed by atoms with Gasteiger partial charge in [0.2, 0.25) is 0 Å². The zero-order valence-corrected chi connectivity index (χ0v) is 29.7. The first-order valence-electron chi connectivity index (χ1n) is 17.6. The monoisotopic (exact) mass is 671 g/mol. The molecule has 2 aromatic rings. The van der Waals surface area contributed by atoms with Crippen LogP contribution in [0.15, 0.2) is 71.2 Å². The molecule has 4 aliphatic carbocycles. The minimum Gasteiger partial charge on any atom is -0.511 e. The Labute approximate surface area is 290 Å². The lowest BCUT2D eigenvalue weighted by molar-refractivity contribution is -0.114. The summed E-state index contributed by atoms with van der Waals surface area (Å²) in [7, 11) is 5.34. The molecular weight excluding hydrogens is 618 g/mol. The summed E-state index contributed by atoms with van der Waals surface area (Å²) in [5.41, 5.74) is 8.24. The van der Waals surface area contributed by atoms with Crippen LogP contribution in [0.3, 0.4) is 0 Å². The average Bonchev–Trinajstić information content (AvgIpc) is 3.77. The van der Waals surface area contributed by atoms with Crippen molar-refractivity contribution in [1.29, 1.82) is 0 Å². The number of epoxide rings is 1. The van der Waals surface area contributed by atoms with Crippen molar-refractivity contribution in [2.75, 3.05) is 27.7 Å². The number of rotatable bonds is 9. The Kier molecular flexibility index (Phi) is 10.9. The molecule has 1 aliphatic heterocycles. The molecule has 2 unspecified atom stereocenters. The van der Waals surface area contributed by atoms with Gasteiger partial charge in [-0.1, -0.05) is 82.9 Å². The van der Waals surface area contributed by atoms with Gasteiger partial charge in [-0.2, -0.15) is 0 Å². The topological polar surface area (TPSA) is 146 Å². The number of methoxy groups -OCH3 is 1. The fraction of sp³-hybridized carbons (Fsp3) is 0.500. The largest absolute Gasteiger partial charge is 0.511 e. The minimum atomic E-state index is -0.997. The number of aliphatic hydroxyl groups excluding tert-OH is 1. The van der Waals surface area contributed by atoms with Gasteiger partial charge in [-0.25, -0.2) is 0 Å². The molecule has 0 bridgehead atoms. The number of primary amides is 1. The van der Waals surface area contributed by atoms with Crippen molar-refractivity contribution in [1.82, 2.24) is 10.6 Å². The third kappa shape index (κ3) is 6.63. The lowest BCUT2D eigenvalue weighted by Crippen LogP contribution is -2.41. The lowest BCUT2D eigenvalue weighted by atomic mass is 9.62. The lowest BCUT2D eigenvalue weighted by Gasteiger charge is -2.38. The van der Waals surface area contributed by atoms with Crippen LogP contribution in [0.5, 0.6) is 11.5 Å². The Bertz CT molecular complexity index is 1660. The Balaban J connectivity index is 0.000000605. The van der Waals surface area contributed by atoms with E-state index in [0.29, 0.717) is 47.6 Å². The van der Waals surface area contributed by atoms with Crippen molar-refractivity contribution >= 4 is 11.7 Å². The summed E-state index contributed by atoms with van der Waals surface area (Å²) in [5.74, 6) is -0.514. The van der Waals surface area contributed by atoms with Gasteiger partial charge in [-0.15, -0.1) is 0 Å². The number of aromatic hydroxyl groups is 1. The maximum absolute atomic E-state index is 14.0. The number of carbonyl (C=O) groups is 2. The molecule has 264 valence electrons. The summed E-state index contributed by atoms with van der Waals surface area (Å²) in [4.78, 5) is 26.0. The van der Waals surface area contributed by atoms with Crippen molar-refractivity contribution in [2.45, 2.75) is 89.2 Å². The number of fused-ring (bicyclic) bond motifs is 2. The number of ketones is 1. The zero-order chi connectivity index (χ0) is 35.5. The van der Waals surface area contributed by atoms with Crippen LogP contribution >= 0.6 is 0 Å². The van der Waals surface area contributed by atoms with Crippen molar-refractivity contribution in [3.63, 3.8) is 0 Å². The first-order chi connectivity index (χ1) is 23.5. The normalized spacial score (nSPS) is 24.2. The molecule has 5 aliphatic rings. The highest BCUT2D eigenvalue weighted by molar-refractivity contribution is 6.14. The number of phenolic OH excluding ortho intramolecular Hbond substituents is 1. The summed E-state index contributed by atoms with van der Waals surface area (Å²) in [6.07, 6.45) is 9.33. The van der Waals surface area contributed by atoms with Gasteiger partial charge in [-0.05, 0) is 50.9 Å². The number of carbonyl (C=O) groups excluding carboxylic acids is 2. The van der Waals surface area contributed by atoms with Gasteiger partial charge in [-0.3, -0.25) is 9.59 Å². The van der Waals surface area contributed by atoms with E-state index in [4.69, 9.17) is 15.2 Å². The number of Topliss-reactive ketones (excluding diaryl/α,β-unsaturated/α-hetero) is 1. The molecule has 1 saturated carbocycles. The Morgan fingerprint density at radius 2 is 1.80 bits per heavy atom. The third-order valence-electron chi connectivity index (χ3n) is 10.7. The number of phenols is 1. The molecule has 0 radical (unpaired) electrons. The van der Waals surface area contributed by atoms with Gasteiger partial charge in [0, 0.05) is 53.1 Å². The molecule has 4 atom stereocenters. The molecule has 6 N–H and O–H groups in total. The van der Waals surface area contributed by atoms with Gasteiger partial charge < -0.3 is 36.1 Å². The number of ether oxygens (including phenoxy) is 2. The number of allylic oxidation sites excluding steroid dienone is 2. The van der Waals surface area contributed by atoms with Crippen molar-refractivity contribution in [3.8, 4) is 11.5 Å². The van der Waals surface area contributed by atoms with E-state index in [1.807, 2.05) is 20.2 Å². The SMILES string of the molecule is C1CCC1.C=C1C(C(N)=O)=C(O)C[C@@H]2CC3Cc4c(OC)c(CNCC(C)(CCC)c5ccccc5)cc(O)c4C(=O)C3=C3O[C@]132.CNC. The van der Waals surface area contributed by atoms with Crippen molar-refractivity contribution in [2.24, 2.45) is 17.6 Å². The second-order valence-electron chi connectivity index (χ2n) is 14.2. The molecule has 1 saturated heterocycles. The van der Waals surface area contributed by atoms with Crippen LogP contribution in [0.4, 0.5) is 0 Å². The predicted molar refractivity (Wildman–Crippen MR) is 192 cm³/mol. The van der Waals surface area contributed by atoms with Crippen LogP contribution in [0, 0.1) is 11.8 Å². The van der Waals surface area contributed by atoms with Crippen LogP contribution in [-0.2, 0) is 27.9 Å². The van der Waals surface area contributed by atoms with E-state index in [9.17, 15) is 19.8 Å². The molecular formula is C40H53N3O6. The molecule has 1 amide bonds. The molecule has 9 heteroatoms. The average molecular weight is 672 g/mol. The van der Waals surface area contributed by atoms with Gasteiger partial charge in [0.15, 0.2) is 17.1 Å². The van der Waals surface area contributed by atoms with Crippen LogP contribution < -0.4 is 21.1 Å². The molecule has 9 nitrogen and oxygen atoms in total. The van der Waals surface area contributed by atoms with E-state index in [-0.39, 0.29) is 52.1 Å². The van der Waals surface area contributed by atoms with Gasteiger partial charge >= 0.3 is 0 Å². The second kappa shape index (κ2) is 14.8. The maximum Gasteiger partial charge on any atom is 0.252 e. The smallest absolute Gasteiger partial charge is 0.252 e. The molecule has 49 heavy (non-hydrogen) atoms. The first-order valence-corrected chi connectivity index (χ1v) is 17.6. The fourth-order valence-corrected chi connectivity index (χ4v) is 8.03. The summed E-state index contributed by atoms with van der Waals surface area (Å²) < 4.78 is 12.0. The molecule has 0 aromatic heterocycles. The van der Waals surface area contributed by atoms with E-state index in [2.05, 4.69) is 55.3 Å². The number of hydrogen-bond donors (Lipinski definition) is 5. The number of nitrogens with two attached hydrogens (primary N) is 1. The number of aliphatic hydroxyl groups is 1. The fourth-order valence-electron chi connectivity index (χ4n) is 8.03. The zero-order valence-electron chi connectivity index (χ0n) is 29.7. The van der Waals surface area contributed by atoms with Gasteiger partial charge in [0.05, 0.1) is 18.2 Å². The summed E-state index contributed by atoms with van der Waals surface area (Å²) in [5, 5.41) is 28.1. The highest BCUT2D eigenvalue weighted by Gasteiger charge is 2.69. The molecule has 7 rings (SSSR count). The van der Waals surface area contributed by atoms with E-state index >= 15 is 0 Å². The van der Waals surface area contributed by atoms with Gasteiger partial charge in [0.1, 0.15) is 17.3 Å². The highest BCUT2D eigenvalue weighted by atomic mass is 16.6.